The molecule has 0 aliphatic carbocycles. The second kappa shape index (κ2) is 12.8. The van der Waals surface area contributed by atoms with Crippen molar-refractivity contribution in [2.75, 3.05) is 18.5 Å². The van der Waals surface area contributed by atoms with E-state index in [-0.39, 0.29) is 24.1 Å². The highest BCUT2D eigenvalue weighted by Gasteiger charge is 2.32. The molecule has 0 radical (unpaired) electrons. The molecule has 3 N–H and O–H groups in total. The predicted octanol–water partition coefficient (Wildman–Crippen LogP) is 2.41. The number of pyridine rings is 1. The van der Waals surface area contributed by atoms with E-state index in [1.54, 1.807) is 20.8 Å². The zero-order valence-electron chi connectivity index (χ0n) is 22.3. The van der Waals surface area contributed by atoms with Crippen LogP contribution in [-0.4, -0.2) is 53.1 Å². The summed E-state index contributed by atoms with van der Waals surface area (Å²) in [5.74, 6) is -11.6. The highest BCUT2D eigenvalue weighted by Crippen LogP contribution is 2.26. The fourth-order valence-corrected chi connectivity index (χ4v) is 3.91. The SMILES string of the molecule is CC(C)(C)OC(=O)Nc1cccn(CC(=O)NC(C[C@@H]2CCNC2=O)C(=O)COc2c(F)c(F)cc(F)c2F)c1=O. The first-order valence-electron chi connectivity index (χ1n) is 12.4. The minimum Gasteiger partial charge on any atom is -0.479 e. The number of carbonyl (C=O) groups excluding carboxylic acids is 4. The molecule has 3 rings (SSSR count). The van der Waals surface area contributed by atoms with E-state index in [0.29, 0.717) is 13.0 Å². The summed E-state index contributed by atoms with van der Waals surface area (Å²) in [5, 5.41) is 7.22. The lowest BCUT2D eigenvalue weighted by atomic mass is 9.96. The maximum absolute atomic E-state index is 13.9. The number of hydrogen-bond donors (Lipinski definition) is 3. The molecule has 15 heteroatoms. The Morgan fingerprint density at radius 3 is 2.37 bits per heavy atom. The average molecular weight is 585 g/mol. The molecule has 2 heterocycles. The zero-order valence-corrected chi connectivity index (χ0v) is 22.3. The number of Topliss-reactive ketones (excluding diaryl/α,β-unsaturated/α-hetero) is 1. The van der Waals surface area contributed by atoms with E-state index in [1.165, 1.54) is 18.3 Å². The van der Waals surface area contributed by atoms with Crippen LogP contribution < -0.4 is 26.2 Å². The van der Waals surface area contributed by atoms with Crippen LogP contribution in [0, 0.1) is 29.2 Å². The molecule has 1 fully saturated rings. The van der Waals surface area contributed by atoms with Crippen molar-refractivity contribution in [2.45, 2.75) is 51.8 Å². The standard InChI is InChI=1S/C26H28F4N4O7/c1-26(2,3)41-25(39)33-16-5-4-8-34(24(16)38)11-19(36)32-17(9-13-6-7-31-23(13)37)18(35)12-40-22-20(29)14(27)10-15(28)21(22)30/h4-5,8,10,13,17H,6-7,9,11-12H2,1-3H3,(H,31,37)(H,32,36)(H,33,39)/t13-,17?/m0/s1. The normalized spacial score (nSPS) is 15.6. The van der Waals surface area contributed by atoms with Crippen molar-refractivity contribution in [3.63, 3.8) is 0 Å². The van der Waals surface area contributed by atoms with Gasteiger partial charge >= 0.3 is 6.09 Å². The number of benzene rings is 1. The molecule has 2 aromatic rings. The van der Waals surface area contributed by atoms with E-state index in [0.717, 1.165) is 4.57 Å². The van der Waals surface area contributed by atoms with Gasteiger partial charge in [-0.15, -0.1) is 0 Å². The quantitative estimate of drug-likeness (QED) is 0.287. The Morgan fingerprint density at radius 1 is 1.12 bits per heavy atom. The Morgan fingerprint density at radius 2 is 1.78 bits per heavy atom. The molecule has 0 spiro atoms. The summed E-state index contributed by atoms with van der Waals surface area (Å²) in [6.07, 6.45) is 0.451. The second-order valence-electron chi connectivity index (χ2n) is 10.2. The van der Waals surface area contributed by atoms with Crippen LogP contribution in [0.1, 0.15) is 33.6 Å². The molecule has 0 saturated carbocycles. The monoisotopic (exact) mass is 584 g/mol. The van der Waals surface area contributed by atoms with Crippen LogP contribution in [0.4, 0.5) is 28.0 Å². The van der Waals surface area contributed by atoms with Gasteiger partial charge in [-0.3, -0.25) is 24.5 Å². The summed E-state index contributed by atoms with van der Waals surface area (Å²) in [7, 11) is 0. The Labute approximate surface area is 231 Å². The van der Waals surface area contributed by atoms with Gasteiger partial charge in [0.05, 0.1) is 6.04 Å². The summed E-state index contributed by atoms with van der Waals surface area (Å²) in [5.41, 5.74) is -1.79. The summed E-state index contributed by atoms with van der Waals surface area (Å²) < 4.78 is 65.7. The first-order chi connectivity index (χ1) is 19.2. The lowest BCUT2D eigenvalue weighted by Gasteiger charge is -2.21. The molecule has 1 aliphatic heterocycles. The summed E-state index contributed by atoms with van der Waals surface area (Å²) in [4.78, 5) is 62.6. The number of ketones is 1. The van der Waals surface area contributed by atoms with Crippen molar-refractivity contribution in [3.8, 4) is 5.75 Å². The van der Waals surface area contributed by atoms with Crippen LogP contribution in [0.5, 0.6) is 5.75 Å². The number of nitrogens with zero attached hydrogens (tertiary/aromatic N) is 1. The maximum Gasteiger partial charge on any atom is 0.412 e. The lowest BCUT2D eigenvalue weighted by Crippen LogP contribution is -2.46. The van der Waals surface area contributed by atoms with E-state index >= 15 is 0 Å². The molecule has 1 aromatic heterocycles. The number of ether oxygens (including phenoxy) is 2. The highest BCUT2D eigenvalue weighted by atomic mass is 19.2. The molecule has 1 saturated heterocycles. The van der Waals surface area contributed by atoms with Gasteiger partial charge < -0.3 is 24.7 Å². The first-order valence-corrected chi connectivity index (χ1v) is 12.4. The number of rotatable bonds is 10. The summed E-state index contributed by atoms with van der Waals surface area (Å²) >= 11 is 0. The molecule has 1 aliphatic rings. The van der Waals surface area contributed by atoms with E-state index in [4.69, 9.17) is 9.47 Å². The van der Waals surface area contributed by atoms with Gasteiger partial charge in [0.2, 0.25) is 23.4 Å². The number of carbonyl (C=O) groups is 4. The van der Waals surface area contributed by atoms with Crippen LogP contribution in [0.15, 0.2) is 29.2 Å². The van der Waals surface area contributed by atoms with Crippen molar-refractivity contribution in [1.82, 2.24) is 15.2 Å². The third-order valence-corrected chi connectivity index (χ3v) is 5.81. The van der Waals surface area contributed by atoms with Crippen molar-refractivity contribution in [1.29, 1.82) is 0 Å². The van der Waals surface area contributed by atoms with Crippen LogP contribution in [0.25, 0.3) is 0 Å². The molecule has 11 nitrogen and oxygen atoms in total. The number of nitrogens with one attached hydrogen (secondary N) is 3. The van der Waals surface area contributed by atoms with Crippen molar-refractivity contribution in [2.24, 2.45) is 5.92 Å². The second-order valence-corrected chi connectivity index (χ2v) is 10.2. The number of anilines is 1. The number of amides is 3. The van der Waals surface area contributed by atoms with Gasteiger partial charge in [0.15, 0.2) is 23.2 Å². The van der Waals surface area contributed by atoms with Crippen molar-refractivity contribution >= 4 is 29.4 Å². The van der Waals surface area contributed by atoms with E-state index < -0.39 is 83.1 Å². The van der Waals surface area contributed by atoms with E-state index in [2.05, 4.69) is 16.0 Å². The topological polar surface area (TPSA) is 145 Å². The van der Waals surface area contributed by atoms with E-state index in [1.807, 2.05) is 0 Å². The predicted molar refractivity (Wildman–Crippen MR) is 135 cm³/mol. The van der Waals surface area contributed by atoms with Gasteiger partial charge in [-0.1, -0.05) is 0 Å². The van der Waals surface area contributed by atoms with Crippen LogP contribution in [0.2, 0.25) is 0 Å². The van der Waals surface area contributed by atoms with Crippen LogP contribution >= 0.6 is 0 Å². The largest absolute Gasteiger partial charge is 0.479 e. The lowest BCUT2D eigenvalue weighted by molar-refractivity contribution is -0.130. The number of aromatic nitrogens is 1. The summed E-state index contributed by atoms with van der Waals surface area (Å²) in [6, 6.07) is 1.21. The third kappa shape index (κ3) is 8.28. The number of halogens is 4. The molecule has 1 aromatic carbocycles. The minimum atomic E-state index is -1.85. The van der Waals surface area contributed by atoms with Gasteiger partial charge in [-0.2, -0.15) is 8.78 Å². The van der Waals surface area contributed by atoms with Crippen molar-refractivity contribution in [3.05, 3.63) is 58.0 Å². The zero-order chi connectivity index (χ0) is 30.5. The van der Waals surface area contributed by atoms with Gasteiger partial charge in [-0.25, -0.2) is 13.6 Å². The third-order valence-electron chi connectivity index (χ3n) is 5.81. The molecule has 0 bridgehead atoms. The molecule has 222 valence electrons. The fraction of sp³-hybridized carbons (Fsp3) is 0.423. The highest BCUT2D eigenvalue weighted by molar-refractivity contribution is 5.91. The Hall–Kier alpha value is -4.43. The van der Waals surface area contributed by atoms with Crippen LogP contribution in [-0.2, 0) is 25.7 Å². The number of hydrogen-bond acceptors (Lipinski definition) is 7. The fourth-order valence-electron chi connectivity index (χ4n) is 3.91. The van der Waals surface area contributed by atoms with E-state index in [9.17, 15) is 41.5 Å². The molecule has 1 unspecified atom stereocenters. The van der Waals surface area contributed by atoms with Gasteiger partial charge in [0.25, 0.3) is 5.56 Å². The molecular formula is C26H28F4N4O7. The summed E-state index contributed by atoms with van der Waals surface area (Å²) in [6.45, 7) is 3.47. The molecule has 41 heavy (non-hydrogen) atoms. The van der Waals surface area contributed by atoms with Crippen molar-refractivity contribution < 1.29 is 46.2 Å². The van der Waals surface area contributed by atoms with Gasteiger partial charge in [-0.05, 0) is 45.7 Å². The smallest absolute Gasteiger partial charge is 0.412 e. The maximum atomic E-state index is 13.9. The average Bonchev–Trinajstić information content (AvgIpc) is 3.27. The molecule has 2 atom stereocenters. The van der Waals surface area contributed by atoms with Gasteiger partial charge in [0.1, 0.15) is 24.4 Å². The molecule has 3 amide bonds. The first kappa shape index (κ1) is 31.1. The minimum absolute atomic E-state index is 0.0267. The Balaban J connectivity index is 1.74. The molecular weight excluding hydrogens is 556 g/mol. The van der Waals surface area contributed by atoms with Crippen LogP contribution in [0.3, 0.4) is 0 Å². The Kier molecular flexibility index (Phi) is 9.73. The Bertz CT molecular complexity index is 1380. The van der Waals surface area contributed by atoms with Gasteiger partial charge in [0, 0.05) is 24.7 Å².